The molecule has 0 unspecified atom stereocenters. The molecule has 1 saturated carbocycles. The Morgan fingerprint density at radius 3 is 3.11 bits per heavy atom. The molecule has 0 saturated heterocycles. The maximum absolute atomic E-state index is 11.9. The maximum Gasteiger partial charge on any atom is 0.267 e. The highest BCUT2D eigenvalue weighted by molar-refractivity contribution is 6.31. The summed E-state index contributed by atoms with van der Waals surface area (Å²) in [6, 6.07) is 2.10. The van der Waals surface area contributed by atoms with Gasteiger partial charge in [-0.05, 0) is 30.9 Å². The lowest BCUT2D eigenvalue weighted by molar-refractivity contribution is 0.0944. The van der Waals surface area contributed by atoms with E-state index in [0.717, 1.165) is 12.8 Å². The number of carbonyl (C=O) groups excluding carboxylic acids is 1. The van der Waals surface area contributed by atoms with Gasteiger partial charge in [-0.25, -0.2) is 0 Å². The minimum Gasteiger partial charge on any atom is -0.351 e. The third-order valence-electron chi connectivity index (χ3n) is 2.77. The molecule has 2 rings (SSSR count). The zero-order chi connectivity index (χ0) is 13.0. The van der Waals surface area contributed by atoms with Crippen molar-refractivity contribution in [2.45, 2.75) is 25.3 Å². The lowest BCUT2D eigenvalue weighted by Gasteiger charge is -2.07. The smallest absolute Gasteiger partial charge is 0.267 e. The summed E-state index contributed by atoms with van der Waals surface area (Å²) in [6.07, 6.45) is 4.63. The Hall–Kier alpha value is -1.65. The van der Waals surface area contributed by atoms with Gasteiger partial charge >= 0.3 is 0 Å². The van der Waals surface area contributed by atoms with E-state index in [1.165, 1.54) is 0 Å². The van der Waals surface area contributed by atoms with E-state index < -0.39 is 0 Å². The number of hydrogen-bond donors (Lipinski definition) is 1. The molecule has 1 N–H and O–H groups in total. The number of azide groups is 1. The number of rotatable bonds is 6. The van der Waals surface area contributed by atoms with Crippen LogP contribution in [0.15, 0.2) is 17.4 Å². The van der Waals surface area contributed by atoms with Gasteiger partial charge in [0.2, 0.25) is 0 Å². The summed E-state index contributed by atoms with van der Waals surface area (Å²) in [6.45, 7) is 0.881. The van der Waals surface area contributed by atoms with Crippen LogP contribution in [-0.4, -0.2) is 23.6 Å². The van der Waals surface area contributed by atoms with Crippen LogP contribution in [0.1, 0.15) is 35.8 Å². The molecule has 0 spiro atoms. The normalized spacial score (nSPS) is 14.1. The number of amides is 1. The molecule has 1 aliphatic rings. The van der Waals surface area contributed by atoms with Crippen LogP contribution in [0.25, 0.3) is 10.4 Å². The number of carbonyl (C=O) groups is 1. The molecular formula is C11H14ClN5O. The van der Waals surface area contributed by atoms with Gasteiger partial charge in [-0.1, -0.05) is 16.7 Å². The van der Waals surface area contributed by atoms with Crippen molar-refractivity contribution in [1.29, 1.82) is 0 Å². The van der Waals surface area contributed by atoms with Crippen molar-refractivity contribution in [3.05, 3.63) is 33.4 Å². The molecule has 1 aromatic rings. The van der Waals surface area contributed by atoms with Crippen molar-refractivity contribution in [3.63, 3.8) is 0 Å². The summed E-state index contributed by atoms with van der Waals surface area (Å²) in [5, 5.41) is 6.78. The van der Waals surface area contributed by atoms with Crippen molar-refractivity contribution < 1.29 is 4.79 Å². The fourth-order valence-electron chi connectivity index (χ4n) is 1.77. The summed E-state index contributed by atoms with van der Waals surface area (Å²) < 4.78 is 1.94. The third kappa shape index (κ3) is 3.18. The zero-order valence-corrected chi connectivity index (χ0v) is 10.6. The standard InChI is InChI=1S/C11H14ClN5O/c12-8-6-10(17(7-8)9-2-3-9)11(18)14-4-1-5-15-16-13/h6-7,9H,1-5H2,(H,14,18). The van der Waals surface area contributed by atoms with Crippen molar-refractivity contribution in [3.8, 4) is 0 Å². The van der Waals surface area contributed by atoms with E-state index in [-0.39, 0.29) is 5.91 Å². The molecule has 6 nitrogen and oxygen atoms in total. The quantitative estimate of drug-likeness (QED) is 0.365. The van der Waals surface area contributed by atoms with Gasteiger partial charge < -0.3 is 9.88 Å². The molecule has 1 aromatic heterocycles. The third-order valence-corrected chi connectivity index (χ3v) is 2.98. The first-order chi connectivity index (χ1) is 8.72. The van der Waals surface area contributed by atoms with E-state index in [1.807, 2.05) is 4.57 Å². The number of halogens is 1. The minimum absolute atomic E-state index is 0.130. The molecule has 1 heterocycles. The Bertz CT molecular complexity index is 488. The van der Waals surface area contributed by atoms with Gasteiger partial charge in [-0.15, -0.1) is 0 Å². The topological polar surface area (TPSA) is 82.8 Å². The van der Waals surface area contributed by atoms with Gasteiger partial charge in [0.15, 0.2) is 0 Å². The fourth-order valence-corrected chi connectivity index (χ4v) is 1.98. The second-order valence-electron chi connectivity index (χ2n) is 4.25. The van der Waals surface area contributed by atoms with Crippen molar-refractivity contribution in [2.75, 3.05) is 13.1 Å². The number of nitrogens with one attached hydrogen (secondary N) is 1. The van der Waals surface area contributed by atoms with E-state index in [1.54, 1.807) is 12.3 Å². The van der Waals surface area contributed by atoms with E-state index in [4.69, 9.17) is 17.1 Å². The predicted octanol–water partition coefficient (Wildman–Crippen LogP) is 2.91. The Kier molecular flexibility index (Phi) is 4.12. The van der Waals surface area contributed by atoms with Gasteiger partial charge in [-0.2, -0.15) is 0 Å². The molecule has 0 aliphatic heterocycles. The van der Waals surface area contributed by atoms with Crippen LogP contribution in [0.4, 0.5) is 0 Å². The lowest BCUT2D eigenvalue weighted by atomic mass is 10.3. The Morgan fingerprint density at radius 2 is 2.44 bits per heavy atom. The summed E-state index contributed by atoms with van der Waals surface area (Å²) in [5.41, 5.74) is 8.72. The summed E-state index contributed by atoms with van der Waals surface area (Å²) in [7, 11) is 0. The Balaban J connectivity index is 1.90. The molecule has 0 radical (unpaired) electrons. The molecule has 96 valence electrons. The summed E-state index contributed by atoms with van der Waals surface area (Å²) in [4.78, 5) is 14.6. The van der Waals surface area contributed by atoms with Gasteiger partial charge in [0.05, 0.1) is 5.02 Å². The largest absolute Gasteiger partial charge is 0.351 e. The highest BCUT2D eigenvalue weighted by Crippen LogP contribution is 2.37. The second kappa shape index (κ2) is 5.80. The molecule has 0 aromatic carbocycles. The SMILES string of the molecule is [N-]=[N+]=NCCCNC(=O)c1cc(Cl)cn1C1CC1. The van der Waals surface area contributed by atoms with Crippen molar-refractivity contribution in [1.82, 2.24) is 9.88 Å². The summed E-state index contributed by atoms with van der Waals surface area (Å²) in [5.74, 6) is -0.130. The first-order valence-electron chi connectivity index (χ1n) is 5.89. The molecule has 1 aliphatic carbocycles. The minimum atomic E-state index is -0.130. The van der Waals surface area contributed by atoms with E-state index >= 15 is 0 Å². The molecule has 0 bridgehead atoms. The molecule has 18 heavy (non-hydrogen) atoms. The van der Waals surface area contributed by atoms with Crippen LogP contribution in [-0.2, 0) is 0 Å². The highest BCUT2D eigenvalue weighted by atomic mass is 35.5. The first-order valence-corrected chi connectivity index (χ1v) is 6.26. The Morgan fingerprint density at radius 1 is 1.67 bits per heavy atom. The predicted molar refractivity (Wildman–Crippen MR) is 68.7 cm³/mol. The first kappa shape index (κ1) is 12.8. The average Bonchev–Trinajstić information content (AvgIpc) is 3.12. The van der Waals surface area contributed by atoms with E-state index in [0.29, 0.717) is 36.3 Å². The highest BCUT2D eigenvalue weighted by Gasteiger charge is 2.27. The van der Waals surface area contributed by atoms with Crippen molar-refractivity contribution in [2.24, 2.45) is 5.11 Å². The van der Waals surface area contributed by atoms with Crippen LogP contribution >= 0.6 is 11.6 Å². The maximum atomic E-state index is 11.9. The zero-order valence-electron chi connectivity index (χ0n) is 9.84. The van der Waals surface area contributed by atoms with E-state index in [2.05, 4.69) is 15.3 Å². The average molecular weight is 268 g/mol. The van der Waals surface area contributed by atoms with Gasteiger partial charge in [0.1, 0.15) is 5.69 Å². The van der Waals surface area contributed by atoms with Crippen LogP contribution in [0.3, 0.4) is 0 Å². The monoisotopic (exact) mass is 267 g/mol. The van der Waals surface area contributed by atoms with Crippen LogP contribution in [0.5, 0.6) is 0 Å². The molecule has 7 heteroatoms. The molecule has 1 amide bonds. The van der Waals surface area contributed by atoms with Gasteiger partial charge in [0.25, 0.3) is 5.91 Å². The van der Waals surface area contributed by atoms with Crippen LogP contribution in [0, 0.1) is 0 Å². The molecule has 1 fully saturated rings. The van der Waals surface area contributed by atoms with Crippen LogP contribution < -0.4 is 5.32 Å². The van der Waals surface area contributed by atoms with Gasteiger partial charge in [-0.3, -0.25) is 4.79 Å². The Labute approximate surface area is 110 Å². The number of nitrogens with zero attached hydrogens (tertiary/aromatic N) is 4. The van der Waals surface area contributed by atoms with E-state index in [9.17, 15) is 4.79 Å². The molecule has 0 atom stereocenters. The van der Waals surface area contributed by atoms with Gasteiger partial charge in [0, 0.05) is 30.2 Å². The van der Waals surface area contributed by atoms with Crippen LogP contribution in [0.2, 0.25) is 5.02 Å². The summed E-state index contributed by atoms with van der Waals surface area (Å²) >= 11 is 5.93. The number of hydrogen-bond acceptors (Lipinski definition) is 2. The molecular weight excluding hydrogens is 254 g/mol. The van der Waals surface area contributed by atoms with Crippen molar-refractivity contribution >= 4 is 17.5 Å². The number of aromatic nitrogens is 1. The second-order valence-corrected chi connectivity index (χ2v) is 4.68. The fraction of sp³-hybridized carbons (Fsp3) is 0.545. The lowest BCUT2D eigenvalue weighted by Crippen LogP contribution is -2.27.